The third-order valence-electron chi connectivity index (χ3n) is 1.01. The van der Waals surface area contributed by atoms with Gasteiger partial charge < -0.3 is 0 Å². The molecule has 0 N–H and O–H groups in total. The number of rotatable bonds is 3. The van der Waals surface area contributed by atoms with Crippen LogP contribution in [0.15, 0.2) is 5.11 Å². The lowest BCUT2D eigenvalue weighted by Gasteiger charge is -2.16. The van der Waals surface area contributed by atoms with E-state index in [1.165, 1.54) is 0 Å². The lowest BCUT2D eigenvalue weighted by Crippen LogP contribution is -2.09. The minimum Gasteiger partial charge on any atom is -0.293 e. The van der Waals surface area contributed by atoms with Crippen LogP contribution in [0.2, 0.25) is 0 Å². The molecule has 0 heterocycles. The fraction of sp³-hybridized carbons (Fsp3) is 0.857. The van der Waals surface area contributed by atoms with Gasteiger partial charge in [-0.15, -0.1) is 0 Å². The average Bonchev–Trinajstić information content (AvgIpc) is 1.84. The molecule has 0 aliphatic rings. The van der Waals surface area contributed by atoms with Crippen LogP contribution in [0, 0.1) is 0 Å². The number of nitrogens with zero attached hydrogens (tertiary/aromatic N) is 3. The Balaban J connectivity index is 3.57. The Hall–Kier alpha value is -0.670. The fourth-order valence-corrected chi connectivity index (χ4v) is 1.43. The Morgan fingerprint density at radius 3 is 2.58 bits per heavy atom. The zero-order chi connectivity index (χ0) is 9.61. The van der Waals surface area contributed by atoms with E-state index >= 15 is 0 Å². The highest BCUT2D eigenvalue weighted by molar-refractivity contribution is 8.00. The molecule has 5 heteroatoms. The predicted octanol–water partition coefficient (Wildman–Crippen LogP) is 2.75. The number of hydrogen-bond donors (Lipinski definition) is 0. The normalized spacial score (nSPS) is 10.6. The number of carbonyl (C=O) groups excluding carboxylic acids is 1. The monoisotopic (exact) mass is 187 g/mol. The first kappa shape index (κ1) is 11.3. The predicted molar refractivity (Wildman–Crippen MR) is 51.0 cm³/mol. The van der Waals surface area contributed by atoms with Crippen LogP contribution in [0.3, 0.4) is 0 Å². The lowest BCUT2D eigenvalue weighted by molar-refractivity contribution is -0.117. The average molecular weight is 187 g/mol. The van der Waals surface area contributed by atoms with Gasteiger partial charge in [-0.25, -0.2) is 0 Å². The molecule has 0 aromatic heterocycles. The molecule has 1 amide bonds. The summed E-state index contributed by atoms with van der Waals surface area (Å²) in [6, 6.07) is 0. The molecule has 12 heavy (non-hydrogen) atoms. The molecule has 0 spiro atoms. The van der Waals surface area contributed by atoms with Gasteiger partial charge in [0, 0.05) is 21.8 Å². The van der Waals surface area contributed by atoms with Crippen LogP contribution in [-0.2, 0) is 4.79 Å². The molecule has 0 aromatic carbocycles. The van der Waals surface area contributed by atoms with E-state index in [4.69, 9.17) is 5.53 Å². The number of hydrogen-bond acceptors (Lipinski definition) is 2. The van der Waals surface area contributed by atoms with Gasteiger partial charge in [-0.1, -0.05) is 20.8 Å². The van der Waals surface area contributed by atoms with Crippen LogP contribution in [0.1, 0.15) is 27.2 Å². The minimum absolute atomic E-state index is 0.163. The van der Waals surface area contributed by atoms with Gasteiger partial charge in [0.1, 0.15) is 0 Å². The topological polar surface area (TPSA) is 65.8 Å². The number of carbonyl (C=O) groups is 1. The van der Waals surface area contributed by atoms with Crippen molar-refractivity contribution in [1.29, 1.82) is 0 Å². The molecule has 68 valence electrons. The van der Waals surface area contributed by atoms with E-state index < -0.39 is 0 Å². The van der Waals surface area contributed by atoms with Crippen molar-refractivity contribution in [3.05, 3.63) is 10.4 Å². The maximum absolute atomic E-state index is 10.7. The van der Waals surface area contributed by atoms with Gasteiger partial charge in [0.2, 0.25) is 5.91 Å². The third kappa shape index (κ3) is 7.44. The van der Waals surface area contributed by atoms with E-state index in [0.29, 0.717) is 12.2 Å². The molecule has 0 fully saturated rings. The zero-order valence-electron chi connectivity index (χ0n) is 7.57. The molecule has 0 rings (SSSR count). The highest BCUT2D eigenvalue weighted by atomic mass is 32.2. The van der Waals surface area contributed by atoms with E-state index in [-0.39, 0.29) is 10.7 Å². The third-order valence-corrected chi connectivity index (χ3v) is 2.28. The van der Waals surface area contributed by atoms with Gasteiger partial charge in [0.05, 0.1) is 0 Å². The van der Waals surface area contributed by atoms with Crippen LogP contribution in [0.25, 0.3) is 10.4 Å². The van der Waals surface area contributed by atoms with E-state index in [1.54, 1.807) is 11.8 Å². The van der Waals surface area contributed by atoms with Crippen molar-refractivity contribution in [2.24, 2.45) is 5.11 Å². The molecular weight excluding hydrogens is 174 g/mol. The van der Waals surface area contributed by atoms with Crippen LogP contribution >= 0.6 is 11.8 Å². The van der Waals surface area contributed by atoms with Gasteiger partial charge in [0.25, 0.3) is 0 Å². The summed E-state index contributed by atoms with van der Waals surface area (Å²) < 4.78 is 0.163. The number of azide groups is 1. The maximum atomic E-state index is 10.7. The minimum atomic E-state index is -0.380. The van der Waals surface area contributed by atoms with Crippen molar-refractivity contribution in [3.8, 4) is 0 Å². The molecule has 0 unspecified atom stereocenters. The lowest BCUT2D eigenvalue weighted by atomic mass is 10.3. The van der Waals surface area contributed by atoms with Gasteiger partial charge >= 0.3 is 0 Å². The van der Waals surface area contributed by atoms with Crippen LogP contribution in [0.4, 0.5) is 0 Å². The molecule has 0 aliphatic carbocycles. The summed E-state index contributed by atoms with van der Waals surface area (Å²) in [6.07, 6.45) is 0.325. The molecule has 0 atom stereocenters. The summed E-state index contributed by atoms with van der Waals surface area (Å²) in [5.41, 5.74) is 7.93. The van der Waals surface area contributed by atoms with E-state index in [1.807, 2.05) is 0 Å². The molecule has 0 bridgehead atoms. The first-order valence-electron chi connectivity index (χ1n) is 3.67. The van der Waals surface area contributed by atoms with Crippen molar-refractivity contribution in [2.75, 3.05) is 5.75 Å². The van der Waals surface area contributed by atoms with Crippen molar-refractivity contribution >= 4 is 17.7 Å². The first-order valence-corrected chi connectivity index (χ1v) is 4.66. The van der Waals surface area contributed by atoms with Gasteiger partial charge in [-0.3, -0.25) is 4.79 Å². The highest BCUT2D eigenvalue weighted by Crippen LogP contribution is 2.23. The second kappa shape index (κ2) is 5.06. The zero-order valence-corrected chi connectivity index (χ0v) is 8.39. The summed E-state index contributed by atoms with van der Waals surface area (Å²) in [5.74, 6) is 0.329. The van der Waals surface area contributed by atoms with Crippen LogP contribution in [-0.4, -0.2) is 16.4 Å². The van der Waals surface area contributed by atoms with E-state index in [0.717, 1.165) is 0 Å². The van der Waals surface area contributed by atoms with Crippen molar-refractivity contribution < 1.29 is 4.79 Å². The smallest absolute Gasteiger partial charge is 0.219 e. The summed E-state index contributed by atoms with van der Waals surface area (Å²) >= 11 is 1.68. The summed E-state index contributed by atoms with van der Waals surface area (Å²) in [6.45, 7) is 6.24. The van der Waals surface area contributed by atoms with E-state index in [2.05, 4.69) is 30.8 Å². The highest BCUT2D eigenvalue weighted by Gasteiger charge is 2.10. The Morgan fingerprint density at radius 2 is 2.17 bits per heavy atom. The summed E-state index contributed by atoms with van der Waals surface area (Å²) in [5, 5.41) is 2.97. The Bertz CT molecular complexity index is 203. The Kier molecular flexibility index (Phi) is 4.78. The Labute approximate surface area is 76.3 Å². The van der Waals surface area contributed by atoms with Crippen molar-refractivity contribution in [3.63, 3.8) is 0 Å². The van der Waals surface area contributed by atoms with Gasteiger partial charge in [-0.05, 0) is 10.6 Å². The summed E-state index contributed by atoms with van der Waals surface area (Å²) in [4.78, 5) is 13.1. The molecular formula is C7H13N3OS. The van der Waals surface area contributed by atoms with Crippen LogP contribution in [0.5, 0.6) is 0 Å². The molecule has 0 saturated heterocycles. The van der Waals surface area contributed by atoms with Gasteiger partial charge in [0.15, 0.2) is 0 Å². The van der Waals surface area contributed by atoms with Gasteiger partial charge in [-0.2, -0.15) is 11.8 Å². The maximum Gasteiger partial charge on any atom is 0.219 e. The number of amides is 1. The van der Waals surface area contributed by atoms with Crippen LogP contribution < -0.4 is 0 Å². The molecule has 0 saturated carbocycles. The second-order valence-electron chi connectivity index (χ2n) is 3.29. The Morgan fingerprint density at radius 1 is 1.58 bits per heavy atom. The quantitative estimate of drug-likeness (QED) is 0.387. The number of thioether (sulfide) groups is 1. The molecule has 0 radical (unpaired) electrons. The fourth-order valence-electron chi connectivity index (χ4n) is 0.544. The molecule has 4 nitrogen and oxygen atoms in total. The first-order chi connectivity index (χ1) is 5.45. The summed E-state index contributed by atoms with van der Waals surface area (Å²) in [7, 11) is 0. The standard InChI is InChI=1S/C7H13N3OS/c1-7(2,3)12-5-4-6(11)9-10-8/h4-5H2,1-3H3. The van der Waals surface area contributed by atoms with Crippen molar-refractivity contribution in [1.82, 2.24) is 0 Å². The second-order valence-corrected chi connectivity index (χ2v) is 5.22. The van der Waals surface area contributed by atoms with Crippen molar-refractivity contribution in [2.45, 2.75) is 31.9 Å². The van der Waals surface area contributed by atoms with E-state index in [9.17, 15) is 4.79 Å². The molecule has 0 aliphatic heterocycles. The molecule has 0 aromatic rings. The SMILES string of the molecule is CC(C)(C)SCCC(=O)N=[N+]=[N-]. The largest absolute Gasteiger partial charge is 0.293 e.